The molecule has 2 aromatic carbocycles. The highest BCUT2D eigenvalue weighted by Gasteiger charge is 2.27. The molecule has 180 valence electrons. The van der Waals surface area contributed by atoms with Gasteiger partial charge in [0.2, 0.25) is 5.91 Å². The van der Waals surface area contributed by atoms with Crippen molar-refractivity contribution in [2.45, 2.75) is 44.4 Å². The van der Waals surface area contributed by atoms with Crippen molar-refractivity contribution in [2.24, 2.45) is 5.73 Å². The highest BCUT2D eigenvalue weighted by molar-refractivity contribution is 5.90. The lowest BCUT2D eigenvalue weighted by atomic mass is 10.0. The van der Waals surface area contributed by atoms with E-state index in [9.17, 15) is 19.5 Å². The summed E-state index contributed by atoms with van der Waals surface area (Å²) in [7, 11) is 0. The number of carboxylic acids is 1. The number of amides is 2. The number of para-hydroxylation sites is 1. The molecule has 0 fully saturated rings. The number of nitrogens with two attached hydrogens (primary N) is 1. The second-order valence-electron chi connectivity index (χ2n) is 8.01. The van der Waals surface area contributed by atoms with E-state index in [0.29, 0.717) is 19.4 Å². The van der Waals surface area contributed by atoms with Gasteiger partial charge in [-0.1, -0.05) is 48.5 Å². The fourth-order valence-electron chi connectivity index (χ4n) is 3.66. The summed E-state index contributed by atoms with van der Waals surface area (Å²) in [6, 6.07) is 14.7. The van der Waals surface area contributed by atoms with Gasteiger partial charge in [-0.2, -0.15) is 0 Å². The van der Waals surface area contributed by atoms with Gasteiger partial charge < -0.3 is 31.2 Å². The number of aromatic nitrogens is 1. The van der Waals surface area contributed by atoms with E-state index in [-0.39, 0.29) is 19.4 Å². The van der Waals surface area contributed by atoms with Gasteiger partial charge in [0.15, 0.2) is 0 Å². The number of alkyl carbamates (subject to hydrolysis) is 1. The van der Waals surface area contributed by atoms with Gasteiger partial charge in [-0.3, -0.25) is 4.79 Å². The molecule has 1 heterocycles. The maximum Gasteiger partial charge on any atom is 0.408 e. The molecule has 0 spiro atoms. The van der Waals surface area contributed by atoms with Crippen LogP contribution in [0.3, 0.4) is 0 Å². The minimum Gasteiger partial charge on any atom is -0.480 e. The smallest absolute Gasteiger partial charge is 0.408 e. The molecule has 9 heteroatoms. The molecule has 0 aliphatic heterocycles. The van der Waals surface area contributed by atoms with E-state index >= 15 is 0 Å². The summed E-state index contributed by atoms with van der Waals surface area (Å²) in [5.41, 5.74) is 8.01. The van der Waals surface area contributed by atoms with E-state index in [1.165, 1.54) is 0 Å². The van der Waals surface area contributed by atoms with E-state index in [2.05, 4.69) is 15.6 Å². The summed E-state index contributed by atoms with van der Waals surface area (Å²) in [5.74, 6) is -1.73. The van der Waals surface area contributed by atoms with Crippen LogP contribution >= 0.6 is 0 Å². The Morgan fingerprint density at radius 3 is 2.44 bits per heavy atom. The predicted molar refractivity (Wildman–Crippen MR) is 128 cm³/mol. The largest absolute Gasteiger partial charge is 0.480 e. The number of hydrogen-bond donors (Lipinski definition) is 5. The molecule has 2 amide bonds. The molecule has 3 aromatic rings. The van der Waals surface area contributed by atoms with E-state index in [1.54, 1.807) is 6.20 Å². The van der Waals surface area contributed by atoms with Gasteiger partial charge in [0, 0.05) is 23.5 Å². The Kier molecular flexibility index (Phi) is 9.04. The van der Waals surface area contributed by atoms with Crippen molar-refractivity contribution in [1.82, 2.24) is 15.6 Å². The van der Waals surface area contributed by atoms with Crippen molar-refractivity contribution in [1.29, 1.82) is 0 Å². The fraction of sp³-hybridized carbons (Fsp3) is 0.320. The number of aromatic amines is 1. The number of fused-ring (bicyclic) bond motifs is 1. The van der Waals surface area contributed by atoms with E-state index < -0.39 is 30.1 Å². The van der Waals surface area contributed by atoms with Crippen LogP contribution in [0.5, 0.6) is 0 Å². The number of aliphatic carboxylic acids is 1. The van der Waals surface area contributed by atoms with Crippen LogP contribution in [0.1, 0.15) is 30.4 Å². The first-order valence-electron chi connectivity index (χ1n) is 11.2. The number of ether oxygens (including phenoxy) is 1. The lowest BCUT2D eigenvalue weighted by Crippen LogP contribution is -2.52. The van der Waals surface area contributed by atoms with Gasteiger partial charge in [-0.25, -0.2) is 9.59 Å². The van der Waals surface area contributed by atoms with Crippen molar-refractivity contribution in [3.63, 3.8) is 0 Å². The molecule has 6 N–H and O–H groups in total. The second-order valence-corrected chi connectivity index (χ2v) is 8.01. The Bertz CT molecular complexity index is 1100. The molecule has 0 radical (unpaired) electrons. The molecule has 3 rings (SSSR count). The topological polar surface area (TPSA) is 147 Å². The van der Waals surface area contributed by atoms with Gasteiger partial charge in [-0.05, 0) is 43.0 Å². The normalized spacial score (nSPS) is 12.6. The van der Waals surface area contributed by atoms with Gasteiger partial charge >= 0.3 is 12.1 Å². The maximum atomic E-state index is 13.1. The zero-order chi connectivity index (χ0) is 24.3. The number of carboxylic acid groups (broad SMARTS) is 1. The van der Waals surface area contributed by atoms with Crippen LogP contribution < -0.4 is 16.4 Å². The van der Waals surface area contributed by atoms with Crippen LogP contribution in [0.25, 0.3) is 10.9 Å². The molecule has 34 heavy (non-hydrogen) atoms. The van der Waals surface area contributed by atoms with Crippen LogP contribution in [-0.2, 0) is 27.4 Å². The molecule has 0 bridgehead atoms. The quantitative estimate of drug-likeness (QED) is 0.259. The van der Waals surface area contributed by atoms with Crippen molar-refractivity contribution in [2.75, 3.05) is 6.54 Å². The first kappa shape index (κ1) is 24.8. The molecule has 9 nitrogen and oxygen atoms in total. The lowest BCUT2D eigenvalue weighted by Gasteiger charge is -2.21. The SMILES string of the molecule is NCCCC[C@H](NC(=O)[C@@H](Cc1c[nH]c2ccccc12)NC(=O)OCc1ccccc1)C(=O)O. The summed E-state index contributed by atoms with van der Waals surface area (Å²) in [5, 5.41) is 15.6. The van der Waals surface area contributed by atoms with Crippen LogP contribution in [0.15, 0.2) is 60.8 Å². The van der Waals surface area contributed by atoms with Crippen LogP contribution in [0.2, 0.25) is 0 Å². The zero-order valence-corrected chi connectivity index (χ0v) is 18.8. The number of unbranched alkanes of at least 4 members (excludes halogenated alkanes) is 1. The summed E-state index contributed by atoms with van der Waals surface area (Å²) in [6.07, 6.45) is 2.63. The predicted octanol–water partition coefficient (Wildman–Crippen LogP) is 2.70. The number of carbonyl (C=O) groups excluding carboxylic acids is 2. The lowest BCUT2D eigenvalue weighted by molar-refractivity contribution is -0.142. The highest BCUT2D eigenvalue weighted by Crippen LogP contribution is 2.19. The van der Waals surface area contributed by atoms with E-state index in [4.69, 9.17) is 10.5 Å². The first-order chi connectivity index (χ1) is 16.5. The van der Waals surface area contributed by atoms with Crippen LogP contribution in [0.4, 0.5) is 4.79 Å². The standard InChI is InChI=1S/C25H30N4O5/c26-13-7-6-12-21(24(31)32)28-23(30)22(14-18-15-27-20-11-5-4-10-19(18)20)29-25(33)34-16-17-8-2-1-3-9-17/h1-5,8-11,15,21-22,27H,6-7,12-14,16,26H2,(H,28,30)(H,29,33)(H,31,32)/t21-,22+/m0/s1. The van der Waals surface area contributed by atoms with Gasteiger partial charge in [0.25, 0.3) is 0 Å². The Morgan fingerprint density at radius 2 is 1.71 bits per heavy atom. The Balaban J connectivity index is 1.72. The van der Waals surface area contributed by atoms with Crippen molar-refractivity contribution < 1.29 is 24.2 Å². The minimum absolute atomic E-state index is 0.0466. The van der Waals surface area contributed by atoms with Crippen molar-refractivity contribution >= 4 is 28.9 Å². The monoisotopic (exact) mass is 466 g/mol. The average molecular weight is 467 g/mol. The number of carbonyl (C=O) groups is 3. The molecule has 0 saturated carbocycles. The molecular weight excluding hydrogens is 436 g/mol. The third-order valence-corrected chi connectivity index (χ3v) is 5.48. The summed E-state index contributed by atoms with van der Waals surface area (Å²) < 4.78 is 5.28. The van der Waals surface area contributed by atoms with E-state index in [0.717, 1.165) is 22.0 Å². The van der Waals surface area contributed by atoms with Gasteiger partial charge in [0.05, 0.1) is 0 Å². The molecule has 0 unspecified atom stereocenters. The Morgan fingerprint density at radius 1 is 0.971 bits per heavy atom. The maximum absolute atomic E-state index is 13.1. The van der Waals surface area contributed by atoms with Crippen molar-refractivity contribution in [3.05, 3.63) is 71.9 Å². The summed E-state index contributed by atoms with van der Waals surface area (Å²) in [6.45, 7) is 0.489. The summed E-state index contributed by atoms with van der Waals surface area (Å²) in [4.78, 5) is 40.4. The molecule has 1 aromatic heterocycles. The molecule has 0 aliphatic carbocycles. The molecule has 0 aliphatic rings. The zero-order valence-electron chi connectivity index (χ0n) is 18.8. The number of hydrogen-bond acceptors (Lipinski definition) is 5. The van der Waals surface area contributed by atoms with E-state index in [1.807, 2.05) is 54.6 Å². The molecule has 0 saturated heterocycles. The number of benzene rings is 2. The molecular formula is C25H30N4O5. The first-order valence-corrected chi connectivity index (χ1v) is 11.2. The minimum atomic E-state index is -1.14. The summed E-state index contributed by atoms with van der Waals surface area (Å²) >= 11 is 0. The fourth-order valence-corrected chi connectivity index (χ4v) is 3.66. The molecule has 2 atom stereocenters. The number of H-pyrrole nitrogens is 1. The average Bonchev–Trinajstić information content (AvgIpc) is 3.25. The van der Waals surface area contributed by atoms with Gasteiger partial charge in [-0.15, -0.1) is 0 Å². The number of nitrogens with one attached hydrogen (secondary N) is 3. The third-order valence-electron chi connectivity index (χ3n) is 5.48. The van der Waals surface area contributed by atoms with Gasteiger partial charge in [0.1, 0.15) is 18.7 Å². The van der Waals surface area contributed by atoms with Crippen LogP contribution in [-0.4, -0.2) is 46.7 Å². The number of rotatable bonds is 12. The Hall–Kier alpha value is -3.85. The third kappa shape index (κ3) is 7.08. The van der Waals surface area contributed by atoms with Crippen LogP contribution in [0, 0.1) is 0 Å². The van der Waals surface area contributed by atoms with Crippen molar-refractivity contribution in [3.8, 4) is 0 Å². The highest BCUT2D eigenvalue weighted by atomic mass is 16.5. The Labute approximate surface area is 197 Å². The second kappa shape index (κ2) is 12.4.